The van der Waals surface area contributed by atoms with Crippen LogP contribution in [0.2, 0.25) is 0 Å². The molecule has 0 atom stereocenters. The fourth-order valence-electron chi connectivity index (χ4n) is 3.18. The van der Waals surface area contributed by atoms with Gasteiger partial charge in [0.05, 0.1) is 52.0 Å². The van der Waals surface area contributed by atoms with Gasteiger partial charge in [0.25, 0.3) is 0 Å². The first-order chi connectivity index (χ1) is 14.4. The molecule has 1 amide bonds. The van der Waals surface area contributed by atoms with Crippen LogP contribution in [0.4, 0.5) is 5.13 Å². The molecule has 0 aliphatic carbocycles. The van der Waals surface area contributed by atoms with E-state index in [-0.39, 0.29) is 5.91 Å². The van der Waals surface area contributed by atoms with Gasteiger partial charge in [-0.25, -0.2) is 4.98 Å². The van der Waals surface area contributed by atoms with Gasteiger partial charge in [-0.15, -0.1) is 0 Å². The quantitative estimate of drug-likeness (QED) is 0.569. The van der Waals surface area contributed by atoms with E-state index >= 15 is 0 Å². The summed E-state index contributed by atoms with van der Waals surface area (Å²) in [6.07, 6.45) is 0.321. The van der Waals surface area contributed by atoms with E-state index in [9.17, 15) is 4.79 Å². The van der Waals surface area contributed by atoms with Gasteiger partial charge >= 0.3 is 0 Å². The molecule has 3 rings (SSSR count). The van der Waals surface area contributed by atoms with Crippen molar-refractivity contribution in [1.82, 2.24) is 4.98 Å². The van der Waals surface area contributed by atoms with E-state index in [1.54, 1.807) is 18.4 Å². The number of fused-ring (bicyclic) bond motifs is 1. The van der Waals surface area contributed by atoms with E-state index in [1.165, 1.54) is 4.90 Å². The number of anilines is 1. The van der Waals surface area contributed by atoms with Gasteiger partial charge in [0.15, 0.2) is 5.13 Å². The Morgan fingerprint density at radius 3 is 2.53 bits per heavy atom. The van der Waals surface area contributed by atoms with Crippen LogP contribution in [0.5, 0.6) is 11.5 Å². The number of rotatable bonds is 9. The molecule has 0 bridgehead atoms. The molecule has 1 aromatic heterocycles. The van der Waals surface area contributed by atoms with Crippen molar-refractivity contribution in [2.75, 3.05) is 45.8 Å². The maximum atomic E-state index is 13.3. The van der Waals surface area contributed by atoms with Crippen molar-refractivity contribution in [3.63, 3.8) is 0 Å². The minimum absolute atomic E-state index is 0.0380. The number of carbonyl (C=O) groups is 1. The lowest BCUT2D eigenvalue weighted by molar-refractivity contribution is -0.856. The van der Waals surface area contributed by atoms with E-state index in [1.807, 2.05) is 48.2 Å². The first-order valence-electron chi connectivity index (χ1n) is 10.2. The lowest BCUT2D eigenvalue weighted by Gasteiger charge is -2.20. The molecule has 0 fully saturated rings. The van der Waals surface area contributed by atoms with Gasteiger partial charge in [-0.1, -0.05) is 29.5 Å². The number of aromatic nitrogens is 1. The predicted octanol–water partition coefficient (Wildman–Crippen LogP) is 2.73. The Morgan fingerprint density at radius 1 is 1.17 bits per heavy atom. The number of carbonyl (C=O) groups excluding carboxylic acids is 1. The first kappa shape index (κ1) is 22.1. The van der Waals surface area contributed by atoms with Crippen LogP contribution >= 0.6 is 11.3 Å². The van der Waals surface area contributed by atoms with Crippen molar-refractivity contribution in [2.24, 2.45) is 0 Å². The van der Waals surface area contributed by atoms with Gasteiger partial charge in [-0.2, -0.15) is 0 Å². The number of methoxy groups -OCH3 is 1. The van der Waals surface area contributed by atoms with E-state index < -0.39 is 0 Å². The Bertz CT molecular complexity index is 999. The SMILES string of the molecule is CCOc1ccc(CC(=O)N(CC[NH+](C)C)c2nc3c(OC)ccc(C)c3s2)cc1. The lowest BCUT2D eigenvalue weighted by atomic mass is 10.1. The molecule has 1 heterocycles. The molecular weight excluding hydrogens is 398 g/mol. The molecule has 7 heteroatoms. The number of amides is 1. The molecule has 0 unspecified atom stereocenters. The van der Waals surface area contributed by atoms with Crippen molar-refractivity contribution in [3.05, 3.63) is 47.5 Å². The van der Waals surface area contributed by atoms with Gasteiger partial charge in [0.2, 0.25) is 5.91 Å². The molecule has 1 N–H and O–H groups in total. The second-order valence-corrected chi connectivity index (χ2v) is 8.49. The van der Waals surface area contributed by atoms with Crippen LogP contribution in [0.3, 0.4) is 0 Å². The minimum atomic E-state index is 0.0380. The molecule has 0 saturated heterocycles. The number of quaternary nitrogens is 1. The zero-order valence-electron chi connectivity index (χ0n) is 18.3. The molecule has 0 spiro atoms. The number of nitrogens with one attached hydrogen (secondary N) is 1. The smallest absolute Gasteiger partial charge is 0.233 e. The van der Waals surface area contributed by atoms with Gasteiger partial charge in [0.1, 0.15) is 17.0 Å². The molecular formula is C23H30N3O3S+. The monoisotopic (exact) mass is 428 g/mol. The number of aryl methyl sites for hydroxylation is 1. The Morgan fingerprint density at radius 2 is 1.90 bits per heavy atom. The summed E-state index contributed by atoms with van der Waals surface area (Å²) >= 11 is 1.55. The topological polar surface area (TPSA) is 56.1 Å². The minimum Gasteiger partial charge on any atom is -0.494 e. The van der Waals surface area contributed by atoms with Crippen molar-refractivity contribution in [3.8, 4) is 11.5 Å². The number of ether oxygens (including phenoxy) is 2. The molecule has 3 aromatic rings. The largest absolute Gasteiger partial charge is 0.494 e. The van der Waals surface area contributed by atoms with Crippen molar-refractivity contribution in [1.29, 1.82) is 0 Å². The van der Waals surface area contributed by atoms with Crippen LogP contribution in [-0.2, 0) is 11.2 Å². The maximum absolute atomic E-state index is 13.3. The highest BCUT2D eigenvalue weighted by Crippen LogP contribution is 2.36. The number of benzene rings is 2. The summed E-state index contributed by atoms with van der Waals surface area (Å²) in [4.78, 5) is 21.2. The van der Waals surface area contributed by atoms with Gasteiger partial charge in [0, 0.05) is 0 Å². The average Bonchev–Trinajstić information content (AvgIpc) is 3.16. The Kier molecular flexibility index (Phi) is 7.29. The normalized spacial score (nSPS) is 11.1. The van der Waals surface area contributed by atoms with Gasteiger partial charge in [-0.05, 0) is 43.2 Å². The fourth-order valence-corrected chi connectivity index (χ4v) is 4.28. The third kappa shape index (κ3) is 5.09. The van der Waals surface area contributed by atoms with Crippen LogP contribution in [0.1, 0.15) is 18.1 Å². The van der Waals surface area contributed by atoms with Crippen molar-refractivity contribution < 1.29 is 19.2 Å². The Hall–Kier alpha value is -2.64. The number of hydrogen-bond acceptors (Lipinski definition) is 5. The van der Waals surface area contributed by atoms with Crippen LogP contribution in [0.15, 0.2) is 36.4 Å². The Balaban J connectivity index is 1.89. The highest BCUT2D eigenvalue weighted by molar-refractivity contribution is 7.22. The summed E-state index contributed by atoms with van der Waals surface area (Å²) in [6, 6.07) is 11.7. The molecule has 0 aliphatic rings. The standard InChI is InChI=1S/C23H29N3O3S/c1-6-29-18-10-8-17(9-11-18)15-20(27)26(14-13-25(3)4)23-24-21-19(28-5)12-7-16(2)22(21)30-23/h7-12H,6,13-15H2,1-5H3/p+1. The molecule has 0 radical (unpaired) electrons. The zero-order valence-corrected chi connectivity index (χ0v) is 19.1. The predicted molar refractivity (Wildman–Crippen MR) is 122 cm³/mol. The zero-order chi connectivity index (χ0) is 21.7. The van der Waals surface area contributed by atoms with Crippen LogP contribution in [0.25, 0.3) is 10.2 Å². The summed E-state index contributed by atoms with van der Waals surface area (Å²) in [7, 11) is 5.81. The highest BCUT2D eigenvalue weighted by Gasteiger charge is 2.22. The second-order valence-electron chi connectivity index (χ2n) is 7.52. The summed E-state index contributed by atoms with van der Waals surface area (Å²) < 4.78 is 12.0. The summed E-state index contributed by atoms with van der Waals surface area (Å²) in [6.45, 7) is 6.08. The van der Waals surface area contributed by atoms with Gasteiger partial charge < -0.3 is 14.4 Å². The lowest BCUT2D eigenvalue weighted by Crippen LogP contribution is -3.06. The summed E-state index contributed by atoms with van der Waals surface area (Å²) in [5.74, 6) is 1.59. The number of thiazole rings is 1. The number of nitrogens with zero attached hydrogens (tertiary/aromatic N) is 2. The van der Waals surface area contributed by atoms with Crippen LogP contribution in [0, 0.1) is 6.92 Å². The Labute approximate surface area is 182 Å². The highest BCUT2D eigenvalue weighted by atomic mass is 32.1. The first-order valence-corrected chi connectivity index (χ1v) is 11.0. The molecule has 0 aliphatic heterocycles. The third-order valence-electron chi connectivity index (χ3n) is 4.87. The molecule has 2 aromatic carbocycles. The number of likely N-dealkylation sites (N-methyl/N-ethyl adjacent to an activating group) is 1. The van der Waals surface area contributed by atoms with Crippen molar-refractivity contribution in [2.45, 2.75) is 20.3 Å². The van der Waals surface area contributed by atoms with E-state index in [4.69, 9.17) is 14.5 Å². The number of hydrogen-bond donors (Lipinski definition) is 1. The van der Waals surface area contributed by atoms with Gasteiger partial charge in [-0.3, -0.25) is 9.69 Å². The van der Waals surface area contributed by atoms with E-state index in [0.717, 1.165) is 44.5 Å². The molecule has 160 valence electrons. The third-order valence-corrected chi connectivity index (χ3v) is 6.08. The average molecular weight is 429 g/mol. The van der Waals surface area contributed by atoms with E-state index in [2.05, 4.69) is 21.0 Å². The fraction of sp³-hybridized carbons (Fsp3) is 0.391. The summed E-state index contributed by atoms with van der Waals surface area (Å²) in [5.41, 5.74) is 2.90. The van der Waals surface area contributed by atoms with Crippen LogP contribution in [-0.4, -0.2) is 51.8 Å². The molecule has 30 heavy (non-hydrogen) atoms. The van der Waals surface area contributed by atoms with Crippen LogP contribution < -0.4 is 19.3 Å². The maximum Gasteiger partial charge on any atom is 0.233 e. The summed E-state index contributed by atoms with van der Waals surface area (Å²) in [5, 5.41) is 0.717. The van der Waals surface area contributed by atoms with E-state index in [0.29, 0.717) is 19.6 Å². The molecule has 0 saturated carbocycles. The van der Waals surface area contributed by atoms with Crippen molar-refractivity contribution >= 4 is 32.6 Å². The molecule has 6 nitrogen and oxygen atoms in total. The second kappa shape index (κ2) is 9.91.